The summed E-state index contributed by atoms with van der Waals surface area (Å²) in [6.45, 7) is 3.77. The number of hydrogen-bond acceptors (Lipinski definition) is 2. The van der Waals surface area contributed by atoms with Crippen molar-refractivity contribution in [2.75, 3.05) is 13.1 Å². The minimum absolute atomic E-state index is 0.294. The largest absolute Gasteiger partial charge is 0.387 e. The summed E-state index contributed by atoms with van der Waals surface area (Å²) in [6, 6.07) is 6.19. The highest BCUT2D eigenvalue weighted by Crippen LogP contribution is 2.27. The van der Waals surface area contributed by atoms with Crippen LogP contribution in [0.15, 0.2) is 24.3 Å². The third-order valence-corrected chi connectivity index (χ3v) is 4.14. The molecule has 0 amide bonds. The van der Waals surface area contributed by atoms with E-state index in [1.165, 1.54) is 37.8 Å². The van der Waals surface area contributed by atoms with Crippen LogP contribution in [0.3, 0.4) is 0 Å². The zero-order chi connectivity index (χ0) is 13.7. The average Bonchev–Trinajstić information content (AvgIpc) is 2.41. The molecule has 1 atom stereocenters. The second kappa shape index (κ2) is 7.01. The maximum atomic E-state index is 13.0. The predicted molar refractivity (Wildman–Crippen MR) is 75.4 cm³/mol. The SMILES string of the molecule is CC1CCC(CNCC(O)c2cccc(F)c2)CC1. The van der Waals surface area contributed by atoms with Crippen molar-refractivity contribution in [2.45, 2.75) is 38.7 Å². The second-order valence-corrected chi connectivity index (χ2v) is 5.85. The maximum absolute atomic E-state index is 13.0. The molecule has 2 rings (SSSR count). The van der Waals surface area contributed by atoms with Crippen molar-refractivity contribution in [3.05, 3.63) is 35.6 Å². The third kappa shape index (κ3) is 4.59. The van der Waals surface area contributed by atoms with Crippen LogP contribution in [0.4, 0.5) is 4.39 Å². The Morgan fingerprint density at radius 2 is 2.05 bits per heavy atom. The molecule has 1 aromatic rings. The van der Waals surface area contributed by atoms with Crippen molar-refractivity contribution in [3.8, 4) is 0 Å². The molecule has 106 valence electrons. The Morgan fingerprint density at radius 1 is 1.32 bits per heavy atom. The first-order valence-corrected chi connectivity index (χ1v) is 7.29. The number of hydrogen-bond donors (Lipinski definition) is 2. The molecular weight excluding hydrogens is 241 g/mol. The molecule has 0 saturated heterocycles. The van der Waals surface area contributed by atoms with Gasteiger partial charge in [-0.1, -0.05) is 31.9 Å². The van der Waals surface area contributed by atoms with Gasteiger partial charge < -0.3 is 10.4 Å². The first kappa shape index (κ1) is 14.5. The van der Waals surface area contributed by atoms with E-state index in [1.807, 2.05) is 0 Å². The quantitative estimate of drug-likeness (QED) is 0.856. The molecule has 1 saturated carbocycles. The highest BCUT2D eigenvalue weighted by molar-refractivity contribution is 5.18. The summed E-state index contributed by atoms with van der Waals surface area (Å²) in [5.74, 6) is 1.31. The number of aliphatic hydroxyl groups excluding tert-OH is 1. The van der Waals surface area contributed by atoms with Crippen molar-refractivity contribution in [1.29, 1.82) is 0 Å². The Labute approximate surface area is 115 Å². The van der Waals surface area contributed by atoms with Gasteiger partial charge in [0.2, 0.25) is 0 Å². The first-order chi connectivity index (χ1) is 9.15. The lowest BCUT2D eigenvalue weighted by Gasteiger charge is -2.26. The van der Waals surface area contributed by atoms with Crippen LogP contribution >= 0.6 is 0 Å². The van der Waals surface area contributed by atoms with E-state index in [2.05, 4.69) is 12.2 Å². The highest BCUT2D eigenvalue weighted by atomic mass is 19.1. The normalized spacial score (nSPS) is 25.2. The topological polar surface area (TPSA) is 32.3 Å². The van der Waals surface area contributed by atoms with Crippen molar-refractivity contribution in [3.63, 3.8) is 0 Å². The van der Waals surface area contributed by atoms with Gasteiger partial charge >= 0.3 is 0 Å². The second-order valence-electron chi connectivity index (χ2n) is 5.85. The molecule has 3 heteroatoms. The Kier molecular flexibility index (Phi) is 5.34. The monoisotopic (exact) mass is 265 g/mol. The van der Waals surface area contributed by atoms with Crippen LogP contribution in [-0.4, -0.2) is 18.2 Å². The van der Waals surface area contributed by atoms with Crippen molar-refractivity contribution < 1.29 is 9.50 Å². The summed E-state index contributed by atoms with van der Waals surface area (Å²) in [4.78, 5) is 0. The van der Waals surface area contributed by atoms with E-state index >= 15 is 0 Å². The van der Waals surface area contributed by atoms with Gasteiger partial charge in [0.15, 0.2) is 0 Å². The van der Waals surface area contributed by atoms with E-state index in [-0.39, 0.29) is 5.82 Å². The van der Waals surface area contributed by atoms with Crippen molar-refractivity contribution in [1.82, 2.24) is 5.32 Å². The van der Waals surface area contributed by atoms with Crippen LogP contribution in [0, 0.1) is 17.7 Å². The summed E-state index contributed by atoms with van der Waals surface area (Å²) in [5.41, 5.74) is 0.643. The van der Waals surface area contributed by atoms with Crippen LogP contribution in [0.25, 0.3) is 0 Å². The van der Waals surface area contributed by atoms with Gasteiger partial charge in [-0.15, -0.1) is 0 Å². The average molecular weight is 265 g/mol. The summed E-state index contributed by atoms with van der Waals surface area (Å²) in [7, 11) is 0. The smallest absolute Gasteiger partial charge is 0.123 e. The van der Waals surface area contributed by atoms with Crippen LogP contribution in [0.2, 0.25) is 0 Å². The van der Waals surface area contributed by atoms with Gasteiger partial charge in [0.1, 0.15) is 5.82 Å². The van der Waals surface area contributed by atoms with Gasteiger partial charge in [0.25, 0.3) is 0 Å². The fraction of sp³-hybridized carbons (Fsp3) is 0.625. The number of halogens is 1. The third-order valence-electron chi connectivity index (χ3n) is 4.14. The maximum Gasteiger partial charge on any atom is 0.123 e. The van der Waals surface area contributed by atoms with Gasteiger partial charge in [0, 0.05) is 6.54 Å². The first-order valence-electron chi connectivity index (χ1n) is 7.29. The predicted octanol–water partition coefficient (Wildman–Crippen LogP) is 3.28. The summed E-state index contributed by atoms with van der Waals surface area (Å²) < 4.78 is 13.0. The zero-order valence-corrected chi connectivity index (χ0v) is 11.6. The van der Waals surface area contributed by atoms with Gasteiger partial charge in [-0.25, -0.2) is 4.39 Å². The van der Waals surface area contributed by atoms with Crippen LogP contribution in [0.5, 0.6) is 0 Å². The number of nitrogens with one attached hydrogen (secondary N) is 1. The lowest BCUT2D eigenvalue weighted by molar-refractivity contribution is 0.169. The van der Waals surface area contributed by atoms with Crippen molar-refractivity contribution in [2.24, 2.45) is 11.8 Å². The molecule has 0 radical (unpaired) electrons. The molecule has 2 N–H and O–H groups in total. The lowest BCUT2D eigenvalue weighted by atomic mass is 9.83. The molecule has 1 fully saturated rings. The number of rotatable bonds is 5. The van der Waals surface area contributed by atoms with Gasteiger partial charge in [0.05, 0.1) is 6.10 Å². The Bertz CT molecular complexity index is 388. The fourth-order valence-corrected chi connectivity index (χ4v) is 2.79. The van der Waals surface area contributed by atoms with Gasteiger partial charge in [-0.05, 0) is 48.9 Å². The van der Waals surface area contributed by atoms with Crippen LogP contribution in [-0.2, 0) is 0 Å². The van der Waals surface area contributed by atoms with Crippen LogP contribution < -0.4 is 5.32 Å². The molecule has 0 heterocycles. The van der Waals surface area contributed by atoms with E-state index in [0.29, 0.717) is 12.1 Å². The van der Waals surface area contributed by atoms with E-state index in [4.69, 9.17) is 0 Å². The molecule has 0 spiro atoms. The molecule has 1 aliphatic carbocycles. The molecule has 1 aliphatic rings. The standard InChI is InChI=1S/C16H24FNO/c1-12-5-7-13(8-6-12)10-18-11-16(19)14-3-2-4-15(17)9-14/h2-4,9,12-13,16,18-19H,5-8,10-11H2,1H3. The van der Waals surface area contributed by atoms with Gasteiger partial charge in [-0.3, -0.25) is 0 Å². The summed E-state index contributed by atoms with van der Waals surface area (Å²) >= 11 is 0. The van der Waals surface area contributed by atoms with Gasteiger partial charge in [-0.2, -0.15) is 0 Å². The minimum Gasteiger partial charge on any atom is -0.387 e. The fourth-order valence-electron chi connectivity index (χ4n) is 2.79. The molecule has 0 bridgehead atoms. The summed E-state index contributed by atoms with van der Waals surface area (Å²) in [5, 5.41) is 13.3. The molecule has 0 aliphatic heterocycles. The molecule has 19 heavy (non-hydrogen) atoms. The van der Waals surface area contributed by atoms with Crippen LogP contribution in [0.1, 0.15) is 44.3 Å². The molecule has 1 aromatic carbocycles. The lowest BCUT2D eigenvalue weighted by Crippen LogP contribution is -2.29. The zero-order valence-electron chi connectivity index (χ0n) is 11.6. The Hall–Kier alpha value is -0.930. The summed E-state index contributed by atoms with van der Waals surface area (Å²) in [6.07, 6.45) is 4.57. The number of aliphatic hydroxyl groups is 1. The minimum atomic E-state index is -0.627. The number of benzene rings is 1. The Morgan fingerprint density at radius 3 is 2.74 bits per heavy atom. The molecule has 2 nitrogen and oxygen atoms in total. The molecule has 0 aromatic heterocycles. The van der Waals surface area contributed by atoms with E-state index in [9.17, 15) is 9.50 Å². The van der Waals surface area contributed by atoms with E-state index in [0.717, 1.165) is 18.4 Å². The van der Waals surface area contributed by atoms with E-state index in [1.54, 1.807) is 12.1 Å². The Balaban J connectivity index is 1.70. The van der Waals surface area contributed by atoms with Crippen molar-refractivity contribution >= 4 is 0 Å². The highest BCUT2D eigenvalue weighted by Gasteiger charge is 2.18. The van der Waals surface area contributed by atoms with E-state index < -0.39 is 6.10 Å². The molecule has 1 unspecified atom stereocenters. The molecular formula is C16H24FNO.